The number of rotatable bonds is 4. The molecule has 0 saturated carbocycles. The molecule has 0 aliphatic carbocycles. The summed E-state index contributed by atoms with van der Waals surface area (Å²) in [5.41, 5.74) is 2.78. The molecule has 2 aromatic heterocycles. The monoisotopic (exact) mass is 248 g/mol. The molecule has 0 aromatic carbocycles. The molecule has 0 atom stereocenters. The lowest BCUT2D eigenvalue weighted by molar-refractivity contribution is -0.134. The van der Waals surface area contributed by atoms with Crippen LogP contribution in [0.15, 0.2) is 30.0 Å². The Morgan fingerprint density at radius 2 is 2.41 bits per heavy atom. The van der Waals surface area contributed by atoms with Crippen molar-refractivity contribution in [3.8, 4) is 5.75 Å². The van der Waals surface area contributed by atoms with E-state index in [1.165, 1.54) is 6.20 Å². The van der Waals surface area contributed by atoms with Crippen molar-refractivity contribution in [2.24, 2.45) is 0 Å². The van der Waals surface area contributed by atoms with E-state index >= 15 is 0 Å². The second-order valence-corrected chi connectivity index (χ2v) is 4.46. The van der Waals surface area contributed by atoms with Crippen LogP contribution in [0.4, 0.5) is 0 Å². The Bertz CT molecular complexity index is 496. The van der Waals surface area contributed by atoms with Crippen molar-refractivity contribution in [2.75, 3.05) is 0 Å². The molecular formula is C12H12N2O2S. The van der Waals surface area contributed by atoms with Crippen LogP contribution in [-0.4, -0.2) is 15.9 Å². The number of nitrogens with zero attached hydrogens (tertiary/aromatic N) is 2. The van der Waals surface area contributed by atoms with Crippen LogP contribution in [0.25, 0.3) is 0 Å². The summed E-state index contributed by atoms with van der Waals surface area (Å²) in [7, 11) is 0. The fraction of sp³-hybridized carbons (Fsp3) is 0.250. The number of aromatic nitrogens is 2. The molecule has 0 aliphatic heterocycles. The molecule has 17 heavy (non-hydrogen) atoms. The minimum atomic E-state index is -0.245. The Balaban J connectivity index is 1.84. The summed E-state index contributed by atoms with van der Waals surface area (Å²) in [6.45, 7) is 1.94. The van der Waals surface area contributed by atoms with Gasteiger partial charge in [-0.2, -0.15) is 0 Å². The molecule has 5 heteroatoms. The van der Waals surface area contributed by atoms with Gasteiger partial charge in [0.2, 0.25) is 0 Å². The molecule has 0 aliphatic rings. The first-order chi connectivity index (χ1) is 8.25. The Hall–Kier alpha value is -1.75. The molecular weight excluding hydrogens is 236 g/mol. The molecule has 2 heterocycles. The molecule has 0 bridgehead atoms. The van der Waals surface area contributed by atoms with Gasteiger partial charge in [-0.15, -0.1) is 11.3 Å². The van der Waals surface area contributed by atoms with Gasteiger partial charge in [0.1, 0.15) is 5.75 Å². The van der Waals surface area contributed by atoms with Crippen LogP contribution in [0, 0.1) is 6.92 Å². The second-order valence-electron chi connectivity index (χ2n) is 3.52. The number of carbonyl (C=O) groups is 1. The van der Waals surface area contributed by atoms with Crippen LogP contribution in [0.2, 0.25) is 0 Å². The van der Waals surface area contributed by atoms with Crippen LogP contribution in [0.5, 0.6) is 5.75 Å². The summed E-state index contributed by atoms with van der Waals surface area (Å²) in [5.74, 6) is 0.240. The number of pyridine rings is 1. The van der Waals surface area contributed by atoms with E-state index in [1.807, 2.05) is 6.92 Å². The van der Waals surface area contributed by atoms with Gasteiger partial charge in [0.15, 0.2) is 0 Å². The largest absolute Gasteiger partial charge is 0.425 e. The van der Waals surface area contributed by atoms with Crippen molar-refractivity contribution in [1.29, 1.82) is 0 Å². The predicted molar refractivity (Wildman–Crippen MR) is 65.0 cm³/mol. The first-order valence-corrected chi connectivity index (χ1v) is 6.13. The molecule has 88 valence electrons. The highest BCUT2D eigenvalue weighted by Gasteiger charge is 2.08. The van der Waals surface area contributed by atoms with Crippen molar-refractivity contribution >= 4 is 17.3 Å². The van der Waals surface area contributed by atoms with E-state index in [1.54, 1.807) is 35.2 Å². The van der Waals surface area contributed by atoms with Gasteiger partial charge in [0.05, 0.1) is 23.8 Å². The SMILES string of the molecule is Cc1ncsc1CCC(=O)Oc1cccnc1. The summed E-state index contributed by atoms with van der Waals surface area (Å²) in [4.78, 5) is 20.7. The molecule has 0 radical (unpaired) electrons. The van der Waals surface area contributed by atoms with Gasteiger partial charge in [-0.3, -0.25) is 9.78 Å². The minimum Gasteiger partial charge on any atom is -0.425 e. The number of esters is 1. The lowest BCUT2D eigenvalue weighted by Crippen LogP contribution is -2.09. The summed E-state index contributed by atoms with van der Waals surface area (Å²) in [6.07, 6.45) is 4.20. The molecule has 0 unspecified atom stereocenters. The highest BCUT2D eigenvalue weighted by atomic mass is 32.1. The van der Waals surface area contributed by atoms with Crippen LogP contribution in [0.3, 0.4) is 0 Å². The normalized spacial score (nSPS) is 10.2. The van der Waals surface area contributed by atoms with Crippen LogP contribution in [-0.2, 0) is 11.2 Å². The van der Waals surface area contributed by atoms with E-state index in [0.29, 0.717) is 18.6 Å². The van der Waals surface area contributed by atoms with Crippen molar-refractivity contribution in [2.45, 2.75) is 19.8 Å². The smallest absolute Gasteiger partial charge is 0.311 e. The fourth-order valence-electron chi connectivity index (χ4n) is 1.37. The van der Waals surface area contributed by atoms with Crippen molar-refractivity contribution in [3.63, 3.8) is 0 Å². The first-order valence-electron chi connectivity index (χ1n) is 5.25. The third-order valence-electron chi connectivity index (χ3n) is 2.27. The Morgan fingerprint density at radius 3 is 3.06 bits per heavy atom. The van der Waals surface area contributed by atoms with E-state index in [9.17, 15) is 4.79 Å². The van der Waals surface area contributed by atoms with Crippen molar-refractivity contribution in [3.05, 3.63) is 40.6 Å². The Labute approximate surface area is 103 Å². The van der Waals surface area contributed by atoms with E-state index in [-0.39, 0.29) is 5.97 Å². The van der Waals surface area contributed by atoms with Crippen LogP contribution >= 0.6 is 11.3 Å². The van der Waals surface area contributed by atoms with E-state index in [0.717, 1.165) is 10.6 Å². The summed E-state index contributed by atoms with van der Waals surface area (Å²) < 4.78 is 5.14. The third-order valence-corrected chi connectivity index (χ3v) is 3.26. The highest BCUT2D eigenvalue weighted by Crippen LogP contribution is 2.15. The Kier molecular flexibility index (Phi) is 3.82. The fourth-order valence-corrected chi connectivity index (χ4v) is 2.15. The summed E-state index contributed by atoms with van der Waals surface area (Å²) >= 11 is 1.57. The number of hydrogen-bond acceptors (Lipinski definition) is 5. The van der Waals surface area contributed by atoms with Crippen LogP contribution < -0.4 is 4.74 Å². The lowest BCUT2D eigenvalue weighted by Gasteiger charge is -2.02. The average Bonchev–Trinajstić information content (AvgIpc) is 2.74. The van der Waals surface area contributed by atoms with Gasteiger partial charge in [-0.25, -0.2) is 4.98 Å². The van der Waals surface area contributed by atoms with Gasteiger partial charge < -0.3 is 4.74 Å². The number of hydrogen-bond donors (Lipinski definition) is 0. The quantitative estimate of drug-likeness (QED) is 0.779. The maximum absolute atomic E-state index is 11.6. The number of aryl methyl sites for hydroxylation is 2. The van der Waals surface area contributed by atoms with Crippen molar-refractivity contribution in [1.82, 2.24) is 9.97 Å². The standard InChI is InChI=1S/C12H12N2O2S/c1-9-11(17-8-14-9)4-5-12(15)16-10-3-2-6-13-7-10/h2-3,6-8H,4-5H2,1H3. The highest BCUT2D eigenvalue weighted by molar-refractivity contribution is 7.09. The predicted octanol–water partition coefficient (Wildman–Crippen LogP) is 2.38. The lowest BCUT2D eigenvalue weighted by atomic mass is 10.2. The van der Waals surface area contributed by atoms with Gasteiger partial charge in [0.25, 0.3) is 0 Å². The first kappa shape index (κ1) is 11.7. The van der Waals surface area contributed by atoms with Gasteiger partial charge in [0, 0.05) is 11.1 Å². The summed E-state index contributed by atoms with van der Waals surface area (Å²) in [6, 6.07) is 3.44. The van der Waals surface area contributed by atoms with E-state index in [4.69, 9.17) is 4.74 Å². The zero-order chi connectivity index (χ0) is 12.1. The summed E-state index contributed by atoms with van der Waals surface area (Å²) in [5, 5.41) is 0. The molecule has 0 amide bonds. The third kappa shape index (κ3) is 3.35. The molecule has 0 spiro atoms. The van der Waals surface area contributed by atoms with Gasteiger partial charge >= 0.3 is 5.97 Å². The molecule has 0 N–H and O–H groups in total. The maximum atomic E-state index is 11.6. The van der Waals surface area contributed by atoms with E-state index in [2.05, 4.69) is 9.97 Å². The number of carbonyl (C=O) groups excluding carboxylic acids is 1. The molecule has 0 saturated heterocycles. The molecule has 2 aromatic rings. The van der Waals surface area contributed by atoms with E-state index < -0.39 is 0 Å². The molecule has 2 rings (SSSR count). The number of thiazole rings is 1. The van der Waals surface area contributed by atoms with Gasteiger partial charge in [-0.05, 0) is 25.5 Å². The topological polar surface area (TPSA) is 52.1 Å². The average molecular weight is 248 g/mol. The zero-order valence-electron chi connectivity index (χ0n) is 9.42. The van der Waals surface area contributed by atoms with Crippen molar-refractivity contribution < 1.29 is 9.53 Å². The zero-order valence-corrected chi connectivity index (χ0v) is 10.2. The maximum Gasteiger partial charge on any atom is 0.311 e. The Morgan fingerprint density at radius 1 is 1.53 bits per heavy atom. The molecule has 4 nitrogen and oxygen atoms in total. The second kappa shape index (κ2) is 5.54. The van der Waals surface area contributed by atoms with Crippen LogP contribution in [0.1, 0.15) is 17.0 Å². The minimum absolute atomic E-state index is 0.245. The molecule has 0 fully saturated rings. The van der Waals surface area contributed by atoms with Gasteiger partial charge in [-0.1, -0.05) is 0 Å². The number of ether oxygens (including phenoxy) is 1.